The van der Waals surface area contributed by atoms with Gasteiger partial charge in [0.05, 0.1) is 6.33 Å². The van der Waals surface area contributed by atoms with Gasteiger partial charge in [0, 0.05) is 13.6 Å². The highest BCUT2D eigenvalue weighted by Gasteiger charge is 2.12. The molecule has 1 amide bonds. The van der Waals surface area contributed by atoms with Crippen LogP contribution in [0.2, 0.25) is 0 Å². The summed E-state index contributed by atoms with van der Waals surface area (Å²) in [6, 6.07) is 0. The van der Waals surface area contributed by atoms with E-state index in [2.05, 4.69) is 10.3 Å². The fourth-order valence-electron chi connectivity index (χ4n) is 1.02. The molecule has 1 rings (SSSR count). The van der Waals surface area contributed by atoms with Crippen molar-refractivity contribution < 1.29 is 4.79 Å². The Morgan fingerprint density at radius 1 is 1.83 bits per heavy atom. The van der Waals surface area contributed by atoms with Gasteiger partial charge in [0.2, 0.25) is 0 Å². The van der Waals surface area contributed by atoms with Crippen LogP contribution in [0.1, 0.15) is 17.4 Å². The third kappa shape index (κ3) is 1.39. The van der Waals surface area contributed by atoms with E-state index in [1.807, 2.05) is 6.92 Å². The Kier molecular flexibility index (Phi) is 2.32. The lowest BCUT2D eigenvalue weighted by Gasteiger charge is -2.01. The number of nitrogens with one attached hydrogen (secondary N) is 1. The number of imidazole rings is 1. The molecule has 0 atom stereocenters. The van der Waals surface area contributed by atoms with Gasteiger partial charge in [0.15, 0.2) is 11.5 Å². The molecule has 1 heterocycles. The van der Waals surface area contributed by atoms with E-state index < -0.39 is 5.91 Å². The summed E-state index contributed by atoms with van der Waals surface area (Å²) in [7, 11) is 1.73. The number of aromatic nitrogens is 2. The van der Waals surface area contributed by atoms with Crippen LogP contribution in [-0.4, -0.2) is 22.0 Å². The summed E-state index contributed by atoms with van der Waals surface area (Å²) in [4.78, 5) is 14.9. The molecule has 0 unspecified atom stereocenters. The number of primary amides is 1. The molecule has 3 N–H and O–H groups in total. The van der Waals surface area contributed by atoms with Crippen LogP contribution in [0.3, 0.4) is 0 Å². The average Bonchev–Trinajstić information content (AvgIpc) is 2.32. The number of nitrogens with zero attached hydrogens (tertiary/aromatic N) is 2. The molecule has 0 aliphatic rings. The fourth-order valence-corrected chi connectivity index (χ4v) is 1.02. The number of hydrogen-bond acceptors (Lipinski definition) is 3. The van der Waals surface area contributed by atoms with Crippen LogP contribution < -0.4 is 11.1 Å². The molecule has 0 spiro atoms. The van der Waals surface area contributed by atoms with Crippen LogP contribution in [0.4, 0.5) is 5.82 Å². The van der Waals surface area contributed by atoms with E-state index in [1.165, 1.54) is 0 Å². The van der Waals surface area contributed by atoms with Crippen molar-refractivity contribution in [2.75, 3.05) is 11.9 Å². The number of rotatable bonds is 3. The molecule has 66 valence electrons. The molecule has 12 heavy (non-hydrogen) atoms. The minimum Gasteiger partial charge on any atom is -0.368 e. The number of amides is 1. The predicted molar refractivity (Wildman–Crippen MR) is 45.9 cm³/mol. The van der Waals surface area contributed by atoms with Crippen LogP contribution in [0.5, 0.6) is 0 Å². The Morgan fingerprint density at radius 2 is 2.50 bits per heavy atom. The van der Waals surface area contributed by atoms with Gasteiger partial charge in [0.25, 0.3) is 5.91 Å². The maximum absolute atomic E-state index is 10.9. The maximum atomic E-state index is 10.9. The molecule has 0 radical (unpaired) electrons. The molecule has 5 heteroatoms. The number of carbonyl (C=O) groups is 1. The van der Waals surface area contributed by atoms with E-state index in [4.69, 9.17) is 5.73 Å². The average molecular weight is 168 g/mol. The van der Waals surface area contributed by atoms with Crippen molar-refractivity contribution in [2.24, 2.45) is 12.8 Å². The molecule has 1 aromatic rings. The lowest BCUT2D eigenvalue weighted by Crippen LogP contribution is -2.17. The van der Waals surface area contributed by atoms with Crippen LogP contribution >= 0.6 is 0 Å². The van der Waals surface area contributed by atoms with Crippen molar-refractivity contribution in [3.63, 3.8) is 0 Å². The highest BCUT2D eigenvalue weighted by molar-refractivity contribution is 5.95. The molecule has 0 bridgehead atoms. The summed E-state index contributed by atoms with van der Waals surface area (Å²) in [5.74, 6) is 0.0819. The maximum Gasteiger partial charge on any atom is 0.269 e. The van der Waals surface area contributed by atoms with Crippen LogP contribution in [-0.2, 0) is 7.05 Å². The van der Waals surface area contributed by atoms with E-state index in [0.29, 0.717) is 11.5 Å². The predicted octanol–water partition coefficient (Wildman–Crippen LogP) is -0.0492. The van der Waals surface area contributed by atoms with Gasteiger partial charge in [-0.2, -0.15) is 0 Å². The molecule has 0 fully saturated rings. The Morgan fingerprint density at radius 3 is 3.00 bits per heavy atom. The number of nitrogens with two attached hydrogens (primary N) is 1. The fraction of sp³-hybridized carbons (Fsp3) is 0.429. The highest BCUT2D eigenvalue weighted by atomic mass is 16.1. The molecule has 0 aliphatic heterocycles. The topological polar surface area (TPSA) is 72.9 Å². The summed E-state index contributed by atoms with van der Waals surface area (Å²) < 4.78 is 1.60. The van der Waals surface area contributed by atoms with Gasteiger partial charge >= 0.3 is 0 Å². The smallest absolute Gasteiger partial charge is 0.269 e. The molecule has 0 saturated carbocycles. The molecule has 1 aromatic heterocycles. The SMILES string of the molecule is CCNc1ncn(C)c1C(N)=O. The van der Waals surface area contributed by atoms with Crippen LogP contribution in [0.25, 0.3) is 0 Å². The summed E-state index contributed by atoms with van der Waals surface area (Å²) >= 11 is 0. The molecule has 5 nitrogen and oxygen atoms in total. The summed E-state index contributed by atoms with van der Waals surface area (Å²) in [5.41, 5.74) is 5.56. The van der Waals surface area contributed by atoms with Crippen molar-refractivity contribution in [1.29, 1.82) is 0 Å². The normalized spacial score (nSPS) is 9.83. The van der Waals surface area contributed by atoms with Gasteiger partial charge in [-0.25, -0.2) is 4.98 Å². The standard InChI is InChI=1S/C7H12N4O/c1-3-9-7-5(6(8)12)11(2)4-10-7/h4,9H,3H2,1-2H3,(H2,8,12). The zero-order valence-electron chi connectivity index (χ0n) is 7.16. The van der Waals surface area contributed by atoms with Gasteiger partial charge in [0.1, 0.15) is 0 Å². The first-order valence-electron chi connectivity index (χ1n) is 3.71. The second-order valence-corrected chi connectivity index (χ2v) is 2.45. The van der Waals surface area contributed by atoms with Crippen LogP contribution in [0, 0.1) is 0 Å². The lowest BCUT2D eigenvalue weighted by atomic mass is 10.4. The van der Waals surface area contributed by atoms with Crippen molar-refractivity contribution in [3.8, 4) is 0 Å². The van der Waals surface area contributed by atoms with Crippen molar-refractivity contribution in [2.45, 2.75) is 6.92 Å². The molecular weight excluding hydrogens is 156 g/mol. The molecular formula is C7H12N4O. The van der Waals surface area contributed by atoms with Gasteiger partial charge in [-0.05, 0) is 6.92 Å². The first kappa shape index (κ1) is 8.58. The molecule has 0 saturated heterocycles. The number of aryl methyl sites for hydroxylation is 1. The Labute approximate surface area is 70.6 Å². The Hall–Kier alpha value is -1.52. The zero-order chi connectivity index (χ0) is 9.14. The molecule has 0 aliphatic carbocycles. The highest BCUT2D eigenvalue weighted by Crippen LogP contribution is 2.10. The van der Waals surface area contributed by atoms with Crippen LogP contribution in [0.15, 0.2) is 6.33 Å². The third-order valence-electron chi connectivity index (χ3n) is 1.51. The van der Waals surface area contributed by atoms with Gasteiger partial charge in [-0.1, -0.05) is 0 Å². The van der Waals surface area contributed by atoms with Gasteiger partial charge in [-0.3, -0.25) is 4.79 Å². The van der Waals surface area contributed by atoms with Crippen molar-refractivity contribution in [3.05, 3.63) is 12.0 Å². The second kappa shape index (κ2) is 3.25. The van der Waals surface area contributed by atoms with E-state index in [1.54, 1.807) is 17.9 Å². The summed E-state index contributed by atoms with van der Waals surface area (Å²) in [6.07, 6.45) is 1.55. The van der Waals surface area contributed by atoms with Gasteiger partial charge < -0.3 is 15.6 Å². The largest absolute Gasteiger partial charge is 0.368 e. The first-order valence-corrected chi connectivity index (χ1v) is 3.71. The lowest BCUT2D eigenvalue weighted by molar-refractivity contribution is 0.0993. The Bertz CT molecular complexity index is 292. The zero-order valence-corrected chi connectivity index (χ0v) is 7.16. The molecule has 0 aromatic carbocycles. The summed E-state index contributed by atoms with van der Waals surface area (Å²) in [6.45, 7) is 2.65. The minimum absolute atomic E-state index is 0.414. The van der Waals surface area contributed by atoms with E-state index >= 15 is 0 Å². The number of hydrogen-bond donors (Lipinski definition) is 2. The first-order chi connectivity index (χ1) is 5.66. The Balaban J connectivity index is 3.04. The second-order valence-electron chi connectivity index (χ2n) is 2.45. The third-order valence-corrected chi connectivity index (χ3v) is 1.51. The minimum atomic E-state index is -0.467. The van der Waals surface area contributed by atoms with Crippen molar-refractivity contribution >= 4 is 11.7 Å². The quantitative estimate of drug-likeness (QED) is 0.664. The number of carbonyl (C=O) groups excluding carboxylic acids is 1. The van der Waals surface area contributed by atoms with E-state index in [0.717, 1.165) is 6.54 Å². The van der Waals surface area contributed by atoms with Gasteiger partial charge in [-0.15, -0.1) is 0 Å². The summed E-state index contributed by atoms with van der Waals surface area (Å²) in [5, 5.41) is 2.95. The van der Waals surface area contributed by atoms with E-state index in [9.17, 15) is 4.79 Å². The van der Waals surface area contributed by atoms with E-state index in [-0.39, 0.29) is 0 Å². The number of anilines is 1. The monoisotopic (exact) mass is 168 g/mol. The van der Waals surface area contributed by atoms with Crippen molar-refractivity contribution in [1.82, 2.24) is 9.55 Å².